The van der Waals surface area contributed by atoms with E-state index in [2.05, 4.69) is 148 Å². The maximum Gasteiger partial charge on any atom is 0.306 e. The molecule has 0 aromatic carbocycles. The van der Waals surface area contributed by atoms with Crippen LogP contribution in [0.15, 0.2) is 134 Å². The van der Waals surface area contributed by atoms with E-state index in [1.54, 1.807) is 0 Å². The number of hydrogen-bond acceptors (Lipinski definition) is 8. The van der Waals surface area contributed by atoms with Crippen LogP contribution in [0.3, 0.4) is 0 Å². The summed E-state index contributed by atoms with van der Waals surface area (Å²) in [5, 5.41) is 0. The SMILES string of the molecule is CC/C=C\C/C=C\C/C=C\C/C=C\C/C=C\C/C=C\CCCCCCCCCCCCCCCCCCCCC(=O)OC(COC(=O)CCCCCCCCCCCCCCCCCCCCCCCCC/C=C\C/C=C\C/C=C\C/C=C\C/C=C\CC)COP(=O)([O-])OCC[N+](C)(C)C. The zero-order valence-corrected chi connectivity index (χ0v) is 66.8. The Bertz CT molecular complexity index is 2160. The Morgan fingerprint density at radius 1 is 0.310 bits per heavy atom. The van der Waals surface area contributed by atoms with Gasteiger partial charge in [0.15, 0.2) is 6.10 Å². The third-order valence-electron chi connectivity index (χ3n) is 18.2. The van der Waals surface area contributed by atoms with Crippen LogP contribution in [0.25, 0.3) is 0 Å². The Kier molecular flexibility index (Phi) is 76.2. The third kappa shape index (κ3) is 83.1. The third-order valence-corrected chi connectivity index (χ3v) is 19.1. The molecule has 0 fully saturated rings. The second-order valence-electron chi connectivity index (χ2n) is 29.1. The average Bonchev–Trinajstić information content (AvgIpc) is 1.02. The first-order chi connectivity index (χ1) is 49.0. The zero-order chi connectivity index (χ0) is 72.5. The molecule has 0 amide bonds. The van der Waals surface area contributed by atoms with E-state index in [0.717, 1.165) is 109 Å². The Hall–Kier alpha value is -3.85. The molecule has 9 nitrogen and oxygen atoms in total. The summed E-state index contributed by atoms with van der Waals surface area (Å²) < 4.78 is 34.5. The number of ether oxygens (including phenoxy) is 2. The molecule has 0 aliphatic rings. The van der Waals surface area contributed by atoms with E-state index >= 15 is 0 Å². The van der Waals surface area contributed by atoms with Gasteiger partial charge in [-0.3, -0.25) is 14.2 Å². The fraction of sp³-hybridized carbons (Fsp3) is 0.733. The van der Waals surface area contributed by atoms with Gasteiger partial charge in [0.25, 0.3) is 7.82 Å². The summed E-state index contributed by atoms with van der Waals surface area (Å²) in [6, 6.07) is 0. The van der Waals surface area contributed by atoms with Crippen molar-refractivity contribution in [1.82, 2.24) is 0 Å². The van der Waals surface area contributed by atoms with Crippen LogP contribution in [0.2, 0.25) is 0 Å². The predicted octanol–water partition coefficient (Wildman–Crippen LogP) is 27.7. The first kappa shape index (κ1) is 96.2. The van der Waals surface area contributed by atoms with Crippen molar-refractivity contribution < 1.29 is 42.1 Å². The number of hydrogen-bond donors (Lipinski definition) is 0. The monoisotopic (exact) mass is 1410 g/mol. The second kappa shape index (κ2) is 79.3. The maximum atomic E-state index is 12.9. The van der Waals surface area contributed by atoms with Crippen molar-refractivity contribution in [3.05, 3.63) is 134 Å². The molecule has 2 atom stereocenters. The molecule has 0 aliphatic carbocycles. The molecule has 10 heteroatoms. The van der Waals surface area contributed by atoms with Crippen molar-refractivity contribution in [3.63, 3.8) is 0 Å². The van der Waals surface area contributed by atoms with Gasteiger partial charge in [0.2, 0.25) is 0 Å². The van der Waals surface area contributed by atoms with Crippen molar-refractivity contribution in [2.75, 3.05) is 47.5 Å². The van der Waals surface area contributed by atoms with E-state index in [4.69, 9.17) is 18.5 Å². The summed E-state index contributed by atoms with van der Waals surface area (Å²) in [6.07, 6.45) is 116. The number of phosphoric ester groups is 1. The van der Waals surface area contributed by atoms with E-state index in [1.165, 1.54) is 231 Å². The average molecular weight is 1410 g/mol. The van der Waals surface area contributed by atoms with E-state index in [9.17, 15) is 19.0 Å². The van der Waals surface area contributed by atoms with E-state index in [0.29, 0.717) is 17.4 Å². The standard InChI is InChI=1S/C90H158NO8P/c1-6-8-10-12-14-16-18-20-22-24-26-28-30-32-34-36-38-40-42-44-45-47-48-50-52-54-56-58-60-62-64-66-68-70-72-74-76-78-80-82-89(92)96-86-88(87-98-100(94,95)97-85-84-91(3,4)5)99-90(93)83-81-79-77-75-73-71-69-67-65-63-61-59-57-55-53-51-49-46-43-41-39-37-35-33-31-29-27-25-23-21-19-17-15-13-11-9-7-2/h8-11,14-17,20-23,26-29,32-35,39,41,88H,6-7,12-13,18-19,24-25,30-31,36-38,40,42-87H2,1-5H3/b10-8-,11-9-,16-14-,17-15-,22-20-,23-21-,28-26-,29-27-,34-32-,35-33-,41-39-. The lowest BCUT2D eigenvalue weighted by molar-refractivity contribution is -0.870. The molecular weight excluding hydrogens is 1250 g/mol. The number of carbonyl (C=O) groups excluding carboxylic acids is 2. The summed E-state index contributed by atoms with van der Waals surface area (Å²) in [5.41, 5.74) is 0. The number of esters is 2. The molecule has 2 unspecified atom stereocenters. The topological polar surface area (TPSA) is 111 Å². The Balaban J connectivity index is 3.92. The molecule has 0 heterocycles. The van der Waals surface area contributed by atoms with Crippen LogP contribution in [-0.4, -0.2) is 70.0 Å². The fourth-order valence-corrected chi connectivity index (χ4v) is 12.6. The van der Waals surface area contributed by atoms with Gasteiger partial charge in [-0.15, -0.1) is 0 Å². The number of unbranched alkanes of at least 4 members (excludes halogenated alkanes) is 41. The molecule has 0 N–H and O–H groups in total. The lowest BCUT2D eigenvalue weighted by atomic mass is 10.0. The first-order valence-corrected chi connectivity index (χ1v) is 43.4. The van der Waals surface area contributed by atoms with Gasteiger partial charge in [-0.1, -0.05) is 385 Å². The summed E-state index contributed by atoms with van der Waals surface area (Å²) in [7, 11) is 1.18. The van der Waals surface area contributed by atoms with Crippen LogP contribution in [0.5, 0.6) is 0 Å². The smallest absolute Gasteiger partial charge is 0.306 e. The lowest BCUT2D eigenvalue weighted by Crippen LogP contribution is -2.37. The van der Waals surface area contributed by atoms with Crippen LogP contribution < -0.4 is 4.89 Å². The van der Waals surface area contributed by atoms with Crippen molar-refractivity contribution in [1.29, 1.82) is 0 Å². The first-order valence-electron chi connectivity index (χ1n) is 41.9. The number of allylic oxidation sites excluding steroid dienone is 22. The van der Waals surface area contributed by atoms with Crippen molar-refractivity contribution in [2.24, 2.45) is 0 Å². The van der Waals surface area contributed by atoms with Crippen LogP contribution in [0, 0.1) is 0 Å². The van der Waals surface area contributed by atoms with Crippen LogP contribution in [0.4, 0.5) is 0 Å². The normalized spacial score (nSPS) is 13.7. The van der Waals surface area contributed by atoms with Crippen LogP contribution >= 0.6 is 7.82 Å². The molecule has 0 spiro atoms. The maximum absolute atomic E-state index is 12.9. The highest BCUT2D eigenvalue weighted by Crippen LogP contribution is 2.38. The van der Waals surface area contributed by atoms with Crippen LogP contribution in [0.1, 0.15) is 373 Å². The summed E-state index contributed by atoms with van der Waals surface area (Å²) in [5.74, 6) is -0.818. The predicted molar refractivity (Wildman–Crippen MR) is 434 cm³/mol. The van der Waals surface area contributed by atoms with E-state index in [-0.39, 0.29) is 32.0 Å². The van der Waals surface area contributed by atoms with Gasteiger partial charge in [-0.25, -0.2) is 0 Å². The van der Waals surface area contributed by atoms with Gasteiger partial charge in [-0.2, -0.15) is 0 Å². The van der Waals surface area contributed by atoms with Crippen molar-refractivity contribution in [3.8, 4) is 0 Å². The number of phosphoric acid groups is 1. The minimum absolute atomic E-state index is 0.0322. The number of likely N-dealkylation sites (N-methyl/N-ethyl adjacent to an activating group) is 1. The number of quaternary nitrogens is 1. The fourth-order valence-electron chi connectivity index (χ4n) is 11.9. The molecule has 0 aromatic rings. The largest absolute Gasteiger partial charge is 0.756 e. The van der Waals surface area contributed by atoms with Gasteiger partial charge >= 0.3 is 11.9 Å². The van der Waals surface area contributed by atoms with Gasteiger partial charge in [-0.05, 0) is 109 Å². The van der Waals surface area contributed by atoms with E-state index < -0.39 is 26.5 Å². The van der Waals surface area contributed by atoms with Crippen molar-refractivity contribution >= 4 is 19.8 Å². The summed E-state index contributed by atoms with van der Waals surface area (Å²) in [4.78, 5) is 38.2. The molecule has 0 aliphatic heterocycles. The van der Waals surface area contributed by atoms with Crippen LogP contribution in [-0.2, 0) is 32.7 Å². The lowest BCUT2D eigenvalue weighted by Gasteiger charge is -2.28. The molecule has 0 radical (unpaired) electrons. The minimum Gasteiger partial charge on any atom is -0.756 e. The van der Waals surface area contributed by atoms with Gasteiger partial charge in [0.1, 0.15) is 19.8 Å². The molecule has 0 saturated heterocycles. The molecule has 0 aromatic heterocycles. The molecule has 0 rings (SSSR count). The number of rotatable bonds is 77. The van der Waals surface area contributed by atoms with Crippen molar-refractivity contribution in [2.45, 2.75) is 380 Å². The zero-order valence-electron chi connectivity index (χ0n) is 65.9. The second-order valence-corrected chi connectivity index (χ2v) is 30.5. The quantitative estimate of drug-likeness (QED) is 0.0195. The van der Waals surface area contributed by atoms with Gasteiger partial charge < -0.3 is 27.9 Å². The highest BCUT2D eigenvalue weighted by atomic mass is 31.2. The molecular formula is C90H158NO8P. The highest BCUT2D eigenvalue weighted by molar-refractivity contribution is 7.45. The Morgan fingerprint density at radius 3 is 0.800 bits per heavy atom. The summed E-state index contributed by atoms with van der Waals surface area (Å²) in [6.45, 7) is 4.06. The minimum atomic E-state index is -4.65. The number of nitrogens with zero attached hydrogens (tertiary/aromatic N) is 1. The van der Waals surface area contributed by atoms with Gasteiger partial charge in [0.05, 0.1) is 27.7 Å². The Morgan fingerprint density at radius 2 is 0.540 bits per heavy atom. The Labute approximate surface area is 619 Å². The highest BCUT2D eigenvalue weighted by Gasteiger charge is 2.22. The summed E-state index contributed by atoms with van der Waals surface area (Å²) >= 11 is 0. The number of carbonyl (C=O) groups is 2. The molecule has 100 heavy (non-hydrogen) atoms. The molecule has 0 bridgehead atoms. The van der Waals surface area contributed by atoms with E-state index in [1.807, 2.05) is 21.1 Å². The molecule has 0 saturated carbocycles. The molecule has 576 valence electrons. The van der Waals surface area contributed by atoms with Gasteiger partial charge in [0, 0.05) is 12.8 Å².